The number of nitrogen functional groups attached to an aromatic ring is 1. The maximum Gasteiger partial charge on any atom is 0.194 e. The summed E-state index contributed by atoms with van der Waals surface area (Å²) in [5, 5.41) is 2.17. The summed E-state index contributed by atoms with van der Waals surface area (Å²) in [5.41, 5.74) is 8.96. The second-order valence-corrected chi connectivity index (χ2v) is 6.17. The Morgan fingerprint density at radius 2 is 2.18 bits per heavy atom. The first-order valence-electron chi connectivity index (χ1n) is 7.28. The highest BCUT2D eigenvalue weighted by Crippen LogP contribution is 2.26. The van der Waals surface area contributed by atoms with E-state index in [-0.39, 0.29) is 0 Å². The number of hydrogen-bond donors (Lipinski definition) is 1. The summed E-state index contributed by atoms with van der Waals surface area (Å²) in [6.45, 7) is 4.51. The van der Waals surface area contributed by atoms with Crippen LogP contribution in [0.4, 0.5) is 5.82 Å². The molecule has 4 heterocycles. The van der Waals surface area contributed by atoms with Gasteiger partial charge in [-0.1, -0.05) is 0 Å². The van der Waals surface area contributed by atoms with Crippen LogP contribution < -0.4 is 5.73 Å². The summed E-state index contributed by atoms with van der Waals surface area (Å²) in [5.74, 6) is 0.517. The molecule has 7 heteroatoms. The van der Waals surface area contributed by atoms with Gasteiger partial charge in [0.2, 0.25) is 0 Å². The van der Waals surface area contributed by atoms with E-state index in [2.05, 4.69) is 30.8 Å². The number of hydrogen-bond acceptors (Lipinski definition) is 6. The Morgan fingerprint density at radius 3 is 3.00 bits per heavy atom. The van der Waals surface area contributed by atoms with Crippen molar-refractivity contribution in [1.29, 1.82) is 0 Å². The lowest BCUT2D eigenvalue weighted by Crippen LogP contribution is -2.35. The SMILES string of the molecule is Nc1ncccc1-c1cn2c(CN3CCOCC3)csc2n1. The topological polar surface area (TPSA) is 68.7 Å². The average molecular weight is 315 g/mol. The minimum absolute atomic E-state index is 0.517. The van der Waals surface area contributed by atoms with Crippen molar-refractivity contribution in [3.8, 4) is 11.3 Å². The standard InChI is InChI=1S/C15H17N5OS/c16-14-12(2-1-3-17-14)13-9-20-11(10-22-15(20)18-13)8-19-4-6-21-7-5-19/h1-3,9-10H,4-8H2,(H2,16,17). The van der Waals surface area contributed by atoms with Gasteiger partial charge in [0.25, 0.3) is 0 Å². The van der Waals surface area contributed by atoms with E-state index in [1.165, 1.54) is 5.69 Å². The molecule has 6 nitrogen and oxygen atoms in total. The van der Waals surface area contributed by atoms with E-state index in [9.17, 15) is 0 Å². The molecule has 0 amide bonds. The number of nitrogens with two attached hydrogens (primary N) is 1. The molecule has 0 bridgehead atoms. The first-order valence-corrected chi connectivity index (χ1v) is 8.15. The van der Waals surface area contributed by atoms with Crippen LogP contribution in [0.1, 0.15) is 5.69 Å². The molecule has 4 rings (SSSR count). The fraction of sp³-hybridized carbons (Fsp3) is 0.333. The lowest BCUT2D eigenvalue weighted by Gasteiger charge is -2.26. The predicted octanol–water partition coefficient (Wildman–Crippen LogP) is 1.87. The van der Waals surface area contributed by atoms with Gasteiger partial charge in [0.1, 0.15) is 5.82 Å². The lowest BCUT2D eigenvalue weighted by atomic mass is 10.2. The zero-order valence-corrected chi connectivity index (χ0v) is 12.9. The van der Waals surface area contributed by atoms with Crippen LogP contribution >= 0.6 is 11.3 Å². The third-order valence-corrected chi connectivity index (χ3v) is 4.78. The van der Waals surface area contributed by atoms with E-state index in [1.807, 2.05) is 12.1 Å². The molecule has 0 saturated carbocycles. The maximum atomic E-state index is 5.95. The number of pyridine rings is 1. The number of aromatic nitrogens is 3. The summed E-state index contributed by atoms with van der Waals surface area (Å²) in [7, 11) is 0. The molecule has 1 saturated heterocycles. The van der Waals surface area contributed by atoms with Gasteiger partial charge in [-0.05, 0) is 12.1 Å². The van der Waals surface area contributed by atoms with Gasteiger partial charge >= 0.3 is 0 Å². The van der Waals surface area contributed by atoms with Gasteiger partial charge < -0.3 is 10.5 Å². The number of anilines is 1. The second kappa shape index (κ2) is 5.68. The third kappa shape index (κ3) is 2.47. The quantitative estimate of drug-likeness (QED) is 0.799. The number of fused-ring (bicyclic) bond motifs is 1. The number of ether oxygens (including phenoxy) is 1. The summed E-state index contributed by atoms with van der Waals surface area (Å²) < 4.78 is 7.56. The van der Waals surface area contributed by atoms with Gasteiger partial charge in [-0.15, -0.1) is 11.3 Å². The van der Waals surface area contributed by atoms with Crippen LogP contribution in [0.3, 0.4) is 0 Å². The molecule has 1 fully saturated rings. The number of rotatable bonds is 3. The summed E-state index contributed by atoms with van der Waals surface area (Å²) in [6, 6.07) is 3.84. The molecule has 3 aromatic rings. The van der Waals surface area contributed by atoms with Crippen LogP contribution in [0, 0.1) is 0 Å². The van der Waals surface area contributed by atoms with Crippen LogP contribution in [0.2, 0.25) is 0 Å². The number of morpholine rings is 1. The molecule has 1 aliphatic heterocycles. The fourth-order valence-corrected chi connectivity index (χ4v) is 3.56. The van der Waals surface area contributed by atoms with Gasteiger partial charge in [0, 0.05) is 48.7 Å². The summed E-state index contributed by atoms with van der Waals surface area (Å²) in [6.07, 6.45) is 3.75. The molecule has 0 radical (unpaired) electrons. The molecule has 1 aliphatic rings. The van der Waals surface area contributed by atoms with Gasteiger partial charge in [0.05, 0.1) is 18.9 Å². The molecule has 0 aromatic carbocycles. The molecule has 0 aliphatic carbocycles. The summed E-state index contributed by atoms with van der Waals surface area (Å²) in [4.78, 5) is 12.2. The first-order chi connectivity index (χ1) is 10.8. The third-order valence-electron chi connectivity index (χ3n) is 3.89. The van der Waals surface area contributed by atoms with E-state index in [1.54, 1.807) is 17.5 Å². The van der Waals surface area contributed by atoms with Crippen LogP contribution in [0.5, 0.6) is 0 Å². The predicted molar refractivity (Wildman–Crippen MR) is 86.8 cm³/mol. The van der Waals surface area contributed by atoms with Crippen molar-refractivity contribution >= 4 is 22.1 Å². The monoisotopic (exact) mass is 315 g/mol. The second-order valence-electron chi connectivity index (χ2n) is 5.33. The van der Waals surface area contributed by atoms with Crippen molar-refractivity contribution in [3.05, 3.63) is 35.6 Å². The number of nitrogens with zero attached hydrogens (tertiary/aromatic N) is 4. The number of imidazole rings is 1. The van der Waals surface area contributed by atoms with E-state index in [0.29, 0.717) is 5.82 Å². The van der Waals surface area contributed by atoms with Crippen molar-refractivity contribution in [2.45, 2.75) is 6.54 Å². The van der Waals surface area contributed by atoms with Crippen molar-refractivity contribution in [1.82, 2.24) is 19.3 Å². The highest BCUT2D eigenvalue weighted by atomic mass is 32.1. The molecule has 2 N–H and O–H groups in total. The smallest absolute Gasteiger partial charge is 0.194 e. The Morgan fingerprint density at radius 1 is 1.32 bits per heavy atom. The van der Waals surface area contributed by atoms with E-state index < -0.39 is 0 Å². The van der Waals surface area contributed by atoms with Crippen molar-refractivity contribution < 1.29 is 4.74 Å². The van der Waals surface area contributed by atoms with Crippen molar-refractivity contribution in [3.63, 3.8) is 0 Å². The zero-order chi connectivity index (χ0) is 14.9. The molecular weight excluding hydrogens is 298 g/mol. The van der Waals surface area contributed by atoms with Crippen LogP contribution in [-0.2, 0) is 11.3 Å². The van der Waals surface area contributed by atoms with Gasteiger partial charge in [0.15, 0.2) is 4.96 Å². The van der Waals surface area contributed by atoms with Crippen LogP contribution in [0.25, 0.3) is 16.2 Å². The average Bonchev–Trinajstić information content (AvgIpc) is 3.11. The van der Waals surface area contributed by atoms with Crippen LogP contribution in [0.15, 0.2) is 29.9 Å². The van der Waals surface area contributed by atoms with Crippen LogP contribution in [-0.4, -0.2) is 45.6 Å². The molecular formula is C15H17N5OS. The Hall–Kier alpha value is -1.96. The van der Waals surface area contributed by atoms with E-state index >= 15 is 0 Å². The Bertz CT molecular complexity index is 790. The van der Waals surface area contributed by atoms with E-state index in [0.717, 1.165) is 49.1 Å². The molecule has 3 aromatic heterocycles. The van der Waals surface area contributed by atoms with Crippen molar-refractivity contribution in [2.24, 2.45) is 0 Å². The Labute approximate surface area is 132 Å². The Balaban J connectivity index is 1.66. The molecule has 0 spiro atoms. The first kappa shape index (κ1) is 13.7. The van der Waals surface area contributed by atoms with Crippen molar-refractivity contribution in [2.75, 3.05) is 32.0 Å². The minimum atomic E-state index is 0.517. The highest BCUT2D eigenvalue weighted by Gasteiger charge is 2.15. The molecule has 0 atom stereocenters. The van der Waals surface area contributed by atoms with Gasteiger partial charge in [-0.25, -0.2) is 9.97 Å². The molecule has 0 unspecified atom stereocenters. The van der Waals surface area contributed by atoms with Gasteiger partial charge in [-0.3, -0.25) is 9.30 Å². The highest BCUT2D eigenvalue weighted by molar-refractivity contribution is 7.15. The summed E-state index contributed by atoms with van der Waals surface area (Å²) >= 11 is 1.66. The van der Waals surface area contributed by atoms with E-state index in [4.69, 9.17) is 10.5 Å². The minimum Gasteiger partial charge on any atom is -0.383 e. The normalized spacial score (nSPS) is 16.4. The number of thiazole rings is 1. The largest absolute Gasteiger partial charge is 0.383 e. The Kier molecular flexibility index (Phi) is 3.53. The molecule has 22 heavy (non-hydrogen) atoms. The van der Waals surface area contributed by atoms with Gasteiger partial charge in [-0.2, -0.15) is 0 Å². The fourth-order valence-electron chi connectivity index (χ4n) is 2.70. The zero-order valence-electron chi connectivity index (χ0n) is 12.1. The molecule has 114 valence electrons. The maximum absolute atomic E-state index is 5.95. The lowest BCUT2D eigenvalue weighted by molar-refractivity contribution is 0.0336.